The molecule has 0 fully saturated rings. The predicted octanol–water partition coefficient (Wildman–Crippen LogP) is 3.41. The molecule has 0 aliphatic carbocycles. The molecule has 0 saturated heterocycles. The number of likely N-dealkylation sites (N-methyl/N-ethyl adjacent to an activating group) is 1. The van der Waals surface area contributed by atoms with Crippen LogP contribution in [0.4, 0.5) is 0 Å². The van der Waals surface area contributed by atoms with Crippen LogP contribution in [-0.2, 0) is 28.6 Å². The molecule has 0 aromatic heterocycles. The Morgan fingerprint density at radius 3 is 1.79 bits per heavy atom. The molecular weight excluding hydrogens is 374 g/mol. The van der Waals surface area contributed by atoms with Crippen molar-refractivity contribution in [2.75, 3.05) is 40.5 Å². The van der Waals surface area contributed by atoms with Gasteiger partial charge in [0.1, 0.15) is 20.0 Å². The van der Waals surface area contributed by atoms with Crippen LogP contribution in [-0.4, -0.2) is 59.3 Å². The van der Waals surface area contributed by atoms with E-state index in [1.54, 1.807) is 14.2 Å². The van der Waals surface area contributed by atoms with Gasteiger partial charge in [-0.15, -0.1) is 0 Å². The summed E-state index contributed by atoms with van der Waals surface area (Å²) in [4.78, 5) is 30.7. The molecule has 0 aromatic carbocycles. The highest BCUT2D eigenvalue weighted by Crippen LogP contribution is 2.47. The van der Waals surface area contributed by atoms with E-state index in [9.17, 15) is 9.59 Å². The Morgan fingerprint density at radius 2 is 1.45 bits per heavy atom. The molecule has 1 atom stereocenters. The molecule has 0 spiro atoms. The van der Waals surface area contributed by atoms with Crippen molar-refractivity contribution in [3.05, 3.63) is 12.7 Å². The summed E-state index contributed by atoms with van der Waals surface area (Å²) in [5, 5.41) is 2.84. The number of hydrogen-bond donors (Lipinski definition) is 1. The quantitative estimate of drug-likeness (QED) is 0.349. The number of nitrogens with one attached hydrogen (secondary N) is 1. The van der Waals surface area contributed by atoms with Crippen LogP contribution in [0.15, 0.2) is 12.7 Å². The maximum absolute atomic E-state index is 12.4. The average molecular weight is 418 g/mol. The maximum Gasteiger partial charge on any atom is 0.330 e. The van der Waals surface area contributed by atoms with Gasteiger partial charge in [0, 0.05) is 19.7 Å². The molecule has 0 aromatic rings. The van der Waals surface area contributed by atoms with Crippen LogP contribution >= 0.6 is 0 Å². The lowest BCUT2D eigenvalue weighted by Gasteiger charge is -2.43. The van der Waals surface area contributed by atoms with Gasteiger partial charge in [-0.3, -0.25) is 4.79 Å². The smallest absolute Gasteiger partial charge is 0.330 e. The molecule has 0 aliphatic rings. The highest BCUT2D eigenvalue weighted by molar-refractivity contribution is 5.81. The number of esters is 2. The minimum absolute atomic E-state index is 0.0856. The molecule has 172 valence electrons. The topological polar surface area (TPSA) is 90.9 Å². The van der Waals surface area contributed by atoms with E-state index in [1.807, 2.05) is 13.7 Å². The summed E-state index contributed by atoms with van der Waals surface area (Å²) in [7, 11) is 3.40. The average Bonchev–Trinajstić information content (AvgIpc) is 2.61. The van der Waals surface area contributed by atoms with Crippen molar-refractivity contribution in [1.29, 1.82) is 0 Å². The molecular formula is C22H43NO6. The molecule has 0 bridgehead atoms. The van der Waals surface area contributed by atoms with Crippen LogP contribution in [0.3, 0.4) is 0 Å². The Hall–Kier alpha value is -1.73. The fourth-order valence-corrected chi connectivity index (χ4v) is 2.39. The van der Waals surface area contributed by atoms with Crippen LogP contribution in [0.25, 0.3) is 0 Å². The molecule has 1 N–H and O–H groups in total. The summed E-state index contributed by atoms with van der Waals surface area (Å²) in [5.41, 5.74) is -0.536. The minimum atomic E-state index is -0.487. The van der Waals surface area contributed by atoms with E-state index in [0.29, 0.717) is 26.4 Å². The van der Waals surface area contributed by atoms with Crippen molar-refractivity contribution >= 4 is 18.7 Å². The van der Waals surface area contributed by atoms with Gasteiger partial charge in [0.05, 0.1) is 12.0 Å². The standard InChI is InChI=1S/C15H30O3.C6H11NO2.CH2O/c1-13(2,3)11-15(7,14(4,5)6)12(16)18-10-9-17-8;1-3-6(8)9-5-4-7-2;1-2/h9-11H2,1-8H3;3,7H,1,4-5H2,2H3;1H2. The number of rotatable bonds is 9. The van der Waals surface area contributed by atoms with E-state index in [0.717, 1.165) is 12.5 Å². The van der Waals surface area contributed by atoms with Crippen molar-refractivity contribution in [1.82, 2.24) is 5.32 Å². The fraction of sp³-hybridized carbons (Fsp3) is 0.773. The van der Waals surface area contributed by atoms with Gasteiger partial charge in [-0.25, -0.2) is 4.79 Å². The summed E-state index contributed by atoms with van der Waals surface area (Å²) in [6, 6.07) is 0. The second kappa shape index (κ2) is 16.1. The van der Waals surface area contributed by atoms with E-state index in [4.69, 9.17) is 14.3 Å². The number of carbonyl (C=O) groups excluding carboxylic acids is 3. The number of hydrogen-bond acceptors (Lipinski definition) is 7. The Bertz CT molecular complexity index is 465. The predicted molar refractivity (Wildman–Crippen MR) is 117 cm³/mol. The first-order chi connectivity index (χ1) is 13.2. The number of carbonyl (C=O) groups is 3. The van der Waals surface area contributed by atoms with Crippen molar-refractivity contribution in [2.24, 2.45) is 16.2 Å². The fourth-order valence-electron chi connectivity index (χ4n) is 2.39. The lowest BCUT2D eigenvalue weighted by molar-refractivity contribution is -0.166. The highest BCUT2D eigenvalue weighted by atomic mass is 16.6. The van der Waals surface area contributed by atoms with E-state index in [-0.39, 0.29) is 22.8 Å². The van der Waals surface area contributed by atoms with Crippen molar-refractivity contribution in [3.63, 3.8) is 0 Å². The molecule has 0 rings (SSSR count). The molecule has 1 unspecified atom stereocenters. The highest BCUT2D eigenvalue weighted by Gasteiger charge is 2.47. The van der Waals surface area contributed by atoms with Gasteiger partial charge >= 0.3 is 11.9 Å². The second-order valence-corrected chi connectivity index (χ2v) is 8.92. The third-order valence-electron chi connectivity index (χ3n) is 4.27. The maximum atomic E-state index is 12.4. The summed E-state index contributed by atoms with van der Waals surface area (Å²) in [5.74, 6) is -0.493. The van der Waals surface area contributed by atoms with E-state index < -0.39 is 5.41 Å². The zero-order valence-electron chi connectivity index (χ0n) is 20.0. The molecule has 7 nitrogen and oxygen atoms in total. The van der Waals surface area contributed by atoms with Gasteiger partial charge in [0.2, 0.25) is 0 Å². The lowest BCUT2D eigenvalue weighted by atomic mass is 9.61. The SMILES string of the molecule is C=CC(=O)OCCNC.C=O.COCCOC(=O)C(C)(CC(C)(C)C)C(C)(C)C. The van der Waals surface area contributed by atoms with Crippen LogP contribution in [0, 0.1) is 16.2 Å². The summed E-state index contributed by atoms with van der Waals surface area (Å²) in [6.45, 7) is 21.8. The normalized spacial score (nSPS) is 12.9. The van der Waals surface area contributed by atoms with Gasteiger partial charge in [-0.2, -0.15) is 0 Å². The zero-order valence-corrected chi connectivity index (χ0v) is 20.0. The molecule has 0 radical (unpaired) electrons. The van der Waals surface area contributed by atoms with Gasteiger partial charge in [-0.1, -0.05) is 48.1 Å². The lowest BCUT2D eigenvalue weighted by Crippen LogP contribution is -2.44. The number of ether oxygens (including phenoxy) is 3. The first-order valence-corrected chi connectivity index (χ1v) is 9.64. The van der Waals surface area contributed by atoms with Crippen LogP contribution in [0.1, 0.15) is 54.9 Å². The third-order valence-corrected chi connectivity index (χ3v) is 4.27. The minimum Gasteiger partial charge on any atom is -0.463 e. The molecule has 7 heteroatoms. The second-order valence-electron chi connectivity index (χ2n) is 8.92. The Balaban J connectivity index is -0.000000515. The van der Waals surface area contributed by atoms with Gasteiger partial charge in [0.25, 0.3) is 0 Å². The van der Waals surface area contributed by atoms with Crippen molar-refractivity contribution in [2.45, 2.75) is 54.9 Å². The van der Waals surface area contributed by atoms with Crippen molar-refractivity contribution in [3.8, 4) is 0 Å². The van der Waals surface area contributed by atoms with Gasteiger partial charge in [-0.05, 0) is 31.2 Å². The van der Waals surface area contributed by atoms with Gasteiger partial charge < -0.3 is 24.3 Å². The van der Waals surface area contributed by atoms with Crippen molar-refractivity contribution < 1.29 is 28.6 Å². The molecule has 0 saturated carbocycles. The van der Waals surface area contributed by atoms with E-state index in [1.165, 1.54) is 0 Å². The largest absolute Gasteiger partial charge is 0.463 e. The Labute approximate surface area is 177 Å². The van der Waals surface area contributed by atoms with E-state index >= 15 is 0 Å². The first-order valence-electron chi connectivity index (χ1n) is 9.64. The molecule has 0 heterocycles. The van der Waals surface area contributed by atoms with E-state index in [2.05, 4.69) is 58.2 Å². The first kappa shape index (κ1) is 31.9. The zero-order chi connectivity index (χ0) is 23.7. The summed E-state index contributed by atoms with van der Waals surface area (Å²) >= 11 is 0. The number of methoxy groups -OCH3 is 1. The third kappa shape index (κ3) is 15.8. The molecule has 29 heavy (non-hydrogen) atoms. The van der Waals surface area contributed by atoms with Crippen LogP contribution < -0.4 is 5.32 Å². The summed E-state index contributed by atoms with van der Waals surface area (Å²) < 4.78 is 14.9. The summed E-state index contributed by atoms with van der Waals surface area (Å²) in [6.07, 6.45) is 1.95. The monoisotopic (exact) mass is 417 g/mol. The van der Waals surface area contributed by atoms with Crippen LogP contribution in [0.2, 0.25) is 0 Å². The Morgan fingerprint density at radius 1 is 0.931 bits per heavy atom. The molecule has 0 amide bonds. The van der Waals surface area contributed by atoms with Gasteiger partial charge in [0.15, 0.2) is 0 Å². The van der Waals surface area contributed by atoms with Crippen LogP contribution in [0.5, 0.6) is 0 Å². The Kier molecular flexibility index (Phi) is 17.7. The molecule has 0 aliphatic heterocycles.